The minimum absolute atomic E-state index is 0.0988. The standard InChI is InChI=1S/C9H5F8NO2/c1-19-4-2-3(6(10)11)5(8(12,13)14)18-7(4)20-9(15,16)17/h2,6H,1H3. The number of alkyl halides is 8. The third kappa shape index (κ3) is 3.84. The van der Waals surface area contributed by atoms with Gasteiger partial charge in [0.05, 0.1) is 12.7 Å². The molecule has 0 aliphatic heterocycles. The zero-order valence-electron chi connectivity index (χ0n) is 9.44. The first-order chi connectivity index (χ1) is 8.95. The zero-order valence-corrected chi connectivity index (χ0v) is 9.44. The van der Waals surface area contributed by atoms with E-state index < -0.39 is 41.9 Å². The fourth-order valence-corrected chi connectivity index (χ4v) is 1.21. The molecule has 0 aromatic carbocycles. The van der Waals surface area contributed by atoms with Gasteiger partial charge in [-0.25, -0.2) is 13.8 Å². The van der Waals surface area contributed by atoms with Gasteiger partial charge in [0, 0.05) is 0 Å². The molecule has 0 aliphatic rings. The van der Waals surface area contributed by atoms with Gasteiger partial charge in [0.15, 0.2) is 11.4 Å². The van der Waals surface area contributed by atoms with E-state index in [1.165, 1.54) is 0 Å². The molecular formula is C9H5F8NO2. The van der Waals surface area contributed by atoms with Crippen molar-refractivity contribution in [3.05, 3.63) is 17.3 Å². The normalized spacial score (nSPS) is 12.7. The molecule has 114 valence electrons. The van der Waals surface area contributed by atoms with E-state index in [2.05, 4.69) is 14.5 Å². The Morgan fingerprint density at radius 2 is 1.65 bits per heavy atom. The Labute approximate surface area is 106 Å². The Balaban J connectivity index is 3.46. The average Bonchev–Trinajstić information content (AvgIpc) is 2.24. The van der Waals surface area contributed by atoms with Crippen molar-refractivity contribution in [3.8, 4) is 11.6 Å². The summed E-state index contributed by atoms with van der Waals surface area (Å²) in [5.74, 6) is -2.60. The molecule has 0 N–H and O–H groups in total. The van der Waals surface area contributed by atoms with Crippen molar-refractivity contribution in [1.82, 2.24) is 4.98 Å². The topological polar surface area (TPSA) is 31.4 Å². The Hall–Kier alpha value is -1.81. The van der Waals surface area contributed by atoms with Gasteiger partial charge in [0.1, 0.15) is 0 Å². The monoisotopic (exact) mass is 311 g/mol. The van der Waals surface area contributed by atoms with Crippen LogP contribution >= 0.6 is 0 Å². The highest BCUT2D eigenvalue weighted by Gasteiger charge is 2.41. The fraction of sp³-hybridized carbons (Fsp3) is 0.444. The van der Waals surface area contributed by atoms with E-state index in [0.717, 1.165) is 7.11 Å². The number of hydrogen-bond acceptors (Lipinski definition) is 3. The van der Waals surface area contributed by atoms with E-state index in [1.54, 1.807) is 0 Å². The van der Waals surface area contributed by atoms with Crippen LogP contribution < -0.4 is 9.47 Å². The molecule has 3 nitrogen and oxygen atoms in total. The number of hydrogen-bond donors (Lipinski definition) is 0. The van der Waals surface area contributed by atoms with Crippen LogP contribution in [0.2, 0.25) is 0 Å². The third-order valence-electron chi connectivity index (χ3n) is 1.92. The maximum Gasteiger partial charge on any atom is 0.574 e. The predicted octanol–water partition coefficient (Wildman–Crippen LogP) is 3.95. The third-order valence-corrected chi connectivity index (χ3v) is 1.92. The number of ether oxygens (including phenoxy) is 2. The van der Waals surface area contributed by atoms with Crippen molar-refractivity contribution in [3.63, 3.8) is 0 Å². The van der Waals surface area contributed by atoms with Gasteiger partial charge in [0.2, 0.25) is 0 Å². The van der Waals surface area contributed by atoms with Crippen LogP contribution in [-0.4, -0.2) is 18.5 Å². The van der Waals surface area contributed by atoms with Crippen LogP contribution in [0.4, 0.5) is 35.1 Å². The molecule has 0 unspecified atom stereocenters. The molecular weight excluding hydrogens is 306 g/mol. The number of aromatic nitrogens is 1. The molecule has 0 radical (unpaired) electrons. The van der Waals surface area contributed by atoms with Gasteiger partial charge in [-0.15, -0.1) is 13.2 Å². The van der Waals surface area contributed by atoms with E-state index in [-0.39, 0.29) is 6.07 Å². The minimum atomic E-state index is -5.37. The molecule has 0 saturated heterocycles. The van der Waals surface area contributed by atoms with Crippen LogP contribution in [0, 0.1) is 0 Å². The van der Waals surface area contributed by atoms with E-state index in [9.17, 15) is 35.1 Å². The van der Waals surface area contributed by atoms with E-state index in [1.807, 2.05) is 0 Å². The molecule has 0 amide bonds. The lowest BCUT2D eigenvalue weighted by molar-refractivity contribution is -0.277. The van der Waals surface area contributed by atoms with Crippen molar-refractivity contribution < 1.29 is 44.6 Å². The number of nitrogens with zero attached hydrogens (tertiary/aromatic N) is 1. The van der Waals surface area contributed by atoms with Crippen molar-refractivity contribution >= 4 is 0 Å². The molecule has 0 aliphatic carbocycles. The smallest absolute Gasteiger partial charge is 0.491 e. The first-order valence-electron chi connectivity index (χ1n) is 4.65. The van der Waals surface area contributed by atoms with Crippen LogP contribution in [-0.2, 0) is 6.18 Å². The molecule has 0 atom stereocenters. The van der Waals surface area contributed by atoms with Gasteiger partial charge in [-0.3, -0.25) is 0 Å². The molecule has 11 heteroatoms. The Morgan fingerprint density at radius 1 is 1.10 bits per heavy atom. The molecule has 0 saturated carbocycles. The second-order valence-electron chi connectivity index (χ2n) is 3.28. The summed E-state index contributed by atoms with van der Waals surface area (Å²) in [5.41, 5.74) is -3.78. The number of halogens is 8. The SMILES string of the molecule is COc1cc(C(F)F)c(C(F)(F)F)nc1OC(F)(F)F. The van der Waals surface area contributed by atoms with Crippen LogP contribution in [0.5, 0.6) is 11.6 Å². The molecule has 0 fully saturated rings. The molecule has 1 aromatic heterocycles. The molecule has 20 heavy (non-hydrogen) atoms. The summed E-state index contributed by atoms with van der Waals surface area (Å²) in [4.78, 5) is 2.45. The van der Waals surface area contributed by atoms with Gasteiger partial charge in [0.25, 0.3) is 12.3 Å². The quantitative estimate of drug-likeness (QED) is 0.792. The van der Waals surface area contributed by atoms with Crippen LogP contribution in [0.15, 0.2) is 6.07 Å². The highest BCUT2D eigenvalue weighted by Crippen LogP contribution is 2.41. The fourth-order valence-electron chi connectivity index (χ4n) is 1.21. The van der Waals surface area contributed by atoms with Crippen molar-refractivity contribution in [1.29, 1.82) is 0 Å². The van der Waals surface area contributed by atoms with Gasteiger partial charge < -0.3 is 9.47 Å². The summed E-state index contributed by atoms with van der Waals surface area (Å²) < 4.78 is 106. The summed E-state index contributed by atoms with van der Waals surface area (Å²) in [6.45, 7) is 0. The average molecular weight is 311 g/mol. The highest BCUT2D eigenvalue weighted by molar-refractivity contribution is 5.41. The Bertz CT molecular complexity index is 482. The number of rotatable bonds is 3. The number of methoxy groups -OCH3 is 1. The molecule has 1 rings (SSSR count). The van der Waals surface area contributed by atoms with E-state index >= 15 is 0 Å². The van der Waals surface area contributed by atoms with Gasteiger partial charge in [-0.1, -0.05) is 0 Å². The van der Waals surface area contributed by atoms with Gasteiger partial charge in [-0.05, 0) is 6.07 Å². The van der Waals surface area contributed by atoms with Crippen LogP contribution in [0.1, 0.15) is 17.7 Å². The van der Waals surface area contributed by atoms with Gasteiger partial charge >= 0.3 is 12.5 Å². The lowest BCUT2D eigenvalue weighted by Crippen LogP contribution is -2.21. The molecule has 0 bridgehead atoms. The van der Waals surface area contributed by atoms with Crippen LogP contribution in [0.3, 0.4) is 0 Å². The second kappa shape index (κ2) is 5.29. The van der Waals surface area contributed by atoms with Gasteiger partial charge in [-0.2, -0.15) is 13.2 Å². The van der Waals surface area contributed by atoms with Crippen molar-refractivity contribution in [2.75, 3.05) is 7.11 Å². The minimum Gasteiger partial charge on any atom is -0.491 e. The first kappa shape index (κ1) is 16.2. The summed E-state index contributed by atoms with van der Waals surface area (Å²) in [6.07, 6.45) is -14.3. The Kier molecular flexibility index (Phi) is 4.30. The summed E-state index contributed by atoms with van der Waals surface area (Å²) in [7, 11) is 0.767. The second-order valence-corrected chi connectivity index (χ2v) is 3.28. The molecule has 1 heterocycles. The predicted molar refractivity (Wildman–Crippen MR) is 47.4 cm³/mol. The van der Waals surface area contributed by atoms with E-state index in [0.29, 0.717) is 0 Å². The zero-order chi connectivity index (χ0) is 15.7. The Morgan fingerprint density at radius 3 is 2.00 bits per heavy atom. The van der Waals surface area contributed by atoms with Crippen molar-refractivity contribution in [2.24, 2.45) is 0 Å². The van der Waals surface area contributed by atoms with E-state index in [4.69, 9.17) is 0 Å². The summed E-state index contributed by atoms with van der Waals surface area (Å²) in [6, 6.07) is 0.0988. The molecule has 0 spiro atoms. The first-order valence-corrected chi connectivity index (χ1v) is 4.65. The van der Waals surface area contributed by atoms with Crippen LogP contribution in [0.25, 0.3) is 0 Å². The maximum atomic E-state index is 12.5. The highest BCUT2D eigenvalue weighted by atomic mass is 19.4. The largest absolute Gasteiger partial charge is 0.574 e. The lowest BCUT2D eigenvalue weighted by atomic mass is 10.2. The molecule has 1 aromatic rings. The lowest BCUT2D eigenvalue weighted by Gasteiger charge is -2.16. The number of pyridine rings is 1. The summed E-state index contributed by atoms with van der Waals surface area (Å²) in [5, 5.41) is 0. The summed E-state index contributed by atoms with van der Waals surface area (Å²) >= 11 is 0. The maximum absolute atomic E-state index is 12.5. The van der Waals surface area contributed by atoms with Crippen molar-refractivity contribution in [2.45, 2.75) is 19.0 Å².